The molecule has 1 rings (SSSR count). The molecule has 0 aromatic carbocycles. The highest BCUT2D eigenvalue weighted by molar-refractivity contribution is 5.85. The Morgan fingerprint density at radius 2 is 2.27 bits per heavy atom. The third kappa shape index (κ3) is 3.12. The molecule has 0 unspecified atom stereocenters. The molecule has 0 atom stereocenters. The largest absolute Gasteiger partial charge is 0.477 e. The predicted molar refractivity (Wildman–Crippen MR) is 54.7 cm³/mol. The maximum atomic E-state index is 11.1. The Labute approximate surface area is 87.7 Å². The highest BCUT2D eigenvalue weighted by atomic mass is 16.4. The number of rotatable bonds is 5. The summed E-state index contributed by atoms with van der Waals surface area (Å²) in [6.07, 6.45) is 1.95. The Bertz CT molecular complexity index is 357. The lowest BCUT2D eigenvalue weighted by atomic mass is 10.3. The Morgan fingerprint density at radius 1 is 1.53 bits per heavy atom. The minimum absolute atomic E-state index is 0.0671. The Hall–Kier alpha value is -1.78. The number of hydrogen-bond acceptors (Lipinski definition) is 2. The molecule has 5 nitrogen and oxygen atoms in total. The number of aromatic nitrogens is 1. The van der Waals surface area contributed by atoms with E-state index in [-0.39, 0.29) is 11.6 Å². The van der Waals surface area contributed by atoms with E-state index in [1.54, 1.807) is 16.8 Å². The molecule has 0 aliphatic rings. The lowest BCUT2D eigenvalue weighted by molar-refractivity contribution is -0.121. The predicted octanol–water partition coefficient (Wildman–Crippen LogP) is 0.712. The molecular formula is C10H14N2O3. The van der Waals surface area contributed by atoms with Gasteiger partial charge in [-0.1, -0.05) is 0 Å². The minimum atomic E-state index is -0.976. The first-order valence-corrected chi connectivity index (χ1v) is 4.80. The van der Waals surface area contributed by atoms with Gasteiger partial charge in [-0.3, -0.25) is 4.79 Å². The number of amides is 1. The van der Waals surface area contributed by atoms with E-state index < -0.39 is 5.97 Å². The molecule has 0 aliphatic heterocycles. The van der Waals surface area contributed by atoms with Crippen LogP contribution in [0, 0.1) is 0 Å². The van der Waals surface area contributed by atoms with Crippen LogP contribution in [0.4, 0.5) is 0 Å². The van der Waals surface area contributed by atoms with Gasteiger partial charge in [-0.25, -0.2) is 4.79 Å². The first-order valence-electron chi connectivity index (χ1n) is 4.80. The molecule has 0 aliphatic carbocycles. The Kier molecular flexibility index (Phi) is 3.91. The topological polar surface area (TPSA) is 71.3 Å². The van der Waals surface area contributed by atoms with Crippen LogP contribution in [-0.2, 0) is 11.3 Å². The van der Waals surface area contributed by atoms with Crippen LogP contribution in [-0.4, -0.2) is 28.1 Å². The van der Waals surface area contributed by atoms with Crippen LogP contribution in [0.15, 0.2) is 18.3 Å². The summed E-state index contributed by atoms with van der Waals surface area (Å²) in [6.45, 7) is 2.83. The molecule has 5 heteroatoms. The molecule has 0 fully saturated rings. The third-order valence-electron chi connectivity index (χ3n) is 2.00. The second-order valence-electron chi connectivity index (χ2n) is 3.10. The zero-order chi connectivity index (χ0) is 11.3. The summed E-state index contributed by atoms with van der Waals surface area (Å²) in [7, 11) is 0. The van der Waals surface area contributed by atoms with Crippen molar-refractivity contribution in [3.63, 3.8) is 0 Å². The first-order chi connectivity index (χ1) is 7.15. The molecule has 0 saturated carbocycles. The van der Waals surface area contributed by atoms with E-state index in [1.807, 2.05) is 6.92 Å². The summed E-state index contributed by atoms with van der Waals surface area (Å²) in [5, 5.41) is 11.5. The fourth-order valence-corrected chi connectivity index (χ4v) is 1.31. The highest BCUT2D eigenvalue weighted by Gasteiger charge is 2.09. The van der Waals surface area contributed by atoms with E-state index in [0.29, 0.717) is 19.5 Å². The number of nitrogens with zero attached hydrogens (tertiary/aromatic N) is 1. The molecule has 0 radical (unpaired) electrons. The van der Waals surface area contributed by atoms with Crippen LogP contribution in [0.2, 0.25) is 0 Å². The quantitative estimate of drug-likeness (QED) is 0.752. The number of carbonyl (C=O) groups excluding carboxylic acids is 1. The van der Waals surface area contributed by atoms with E-state index in [1.165, 1.54) is 6.07 Å². The van der Waals surface area contributed by atoms with Crippen LogP contribution >= 0.6 is 0 Å². The van der Waals surface area contributed by atoms with Crippen LogP contribution in [0.5, 0.6) is 0 Å². The monoisotopic (exact) mass is 210 g/mol. The SMILES string of the molecule is CCNC(=O)CCn1cccc1C(=O)O. The fraction of sp³-hybridized carbons (Fsp3) is 0.400. The second kappa shape index (κ2) is 5.19. The first kappa shape index (κ1) is 11.3. The van der Waals surface area contributed by atoms with Gasteiger partial charge in [0.2, 0.25) is 5.91 Å². The second-order valence-corrected chi connectivity index (χ2v) is 3.10. The van der Waals surface area contributed by atoms with Crippen molar-refractivity contribution < 1.29 is 14.7 Å². The number of aromatic carboxylic acids is 1. The maximum Gasteiger partial charge on any atom is 0.352 e. The maximum absolute atomic E-state index is 11.1. The third-order valence-corrected chi connectivity index (χ3v) is 2.00. The molecule has 0 spiro atoms. The van der Waals surface area contributed by atoms with E-state index in [0.717, 1.165) is 0 Å². The van der Waals surface area contributed by atoms with Crippen molar-refractivity contribution in [1.82, 2.24) is 9.88 Å². The number of carboxylic acid groups (broad SMARTS) is 1. The lowest BCUT2D eigenvalue weighted by Crippen LogP contribution is -2.24. The summed E-state index contributed by atoms with van der Waals surface area (Å²) in [5.74, 6) is -1.04. The Morgan fingerprint density at radius 3 is 2.87 bits per heavy atom. The molecule has 1 aromatic heterocycles. The summed E-state index contributed by atoms with van der Waals surface area (Å²) in [4.78, 5) is 21.9. The molecule has 82 valence electrons. The molecule has 0 saturated heterocycles. The van der Waals surface area contributed by atoms with Crippen LogP contribution in [0.3, 0.4) is 0 Å². The van der Waals surface area contributed by atoms with Crippen LogP contribution < -0.4 is 5.32 Å². The van der Waals surface area contributed by atoms with Crippen LogP contribution in [0.1, 0.15) is 23.8 Å². The van der Waals surface area contributed by atoms with Gasteiger partial charge in [0.1, 0.15) is 5.69 Å². The number of aryl methyl sites for hydroxylation is 1. The van der Waals surface area contributed by atoms with Crippen molar-refractivity contribution in [3.05, 3.63) is 24.0 Å². The average Bonchev–Trinajstić information content (AvgIpc) is 2.63. The molecule has 2 N–H and O–H groups in total. The fourth-order valence-electron chi connectivity index (χ4n) is 1.31. The van der Waals surface area contributed by atoms with Crippen molar-refractivity contribution in [2.75, 3.05) is 6.54 Å². The van der Waals surface area contributed by atoms with Crippen molar-refractivity contribution in [1.29, 1.82) is 0 Å². The van der Waals surface area contributed by atoms with Crippen molar-refractivity contribution in [2.24, 2.45) is 0 Å². The van der Waals surface area contributed by atoms with Crippen molar-refractivity contribution in [3.8, 4) is 0 Å². The molecular weight excluding hydrogens is 196 g/mol. The average molecular weight is 210 g/mol. The van der Waals surface area contributed by atoms with Crippen molar-refractivity contribution >= 4 is 11.9 Å². The summed E-state index contributed by atoms with van der Waals surface area (Å²) in [5.41, 5.74) is 0.208. The number of carboxylic acids is 1. The van der Waals surface area contributed by atoms with Gasteiger partial charge >= 0.3 is 5.97 Å². The van der Waals surface area contributed by atoms with Gasteiger partial charge in [-0.05, 0) is 19.1 Å². The molecule has 15 heavy (non-hydrogen) atoms. The lowest BCUT2D eigenvalue weighted by Gasteiger charge is -2.05. The summed E-state index contributed by atoms with van der Waals surface area (Å²) in [6, 6.07) is 3.17. The van der Waals surface area contributed by atoms with Gasteiger partial charge in [0.15, 0.2) is 0 Å². The molecule has 0 bridgehead atoms. The van der Waals surface area contributed by atoms with Gasteiger partial charge in [0, 0.05) is 25.7 Å². The van der Waals surface area contributed by atoms with E-state index in [9.17, 15) is 9.59 Å². The van der Waals surface area contributed by atoms with Gasteiger partial charge in [-0.2, -0.15) is 0 Å². The van der Waals surface area contributed by atoms with E-state index in [2.05, 4.69) is 5.32 Å². The van der Waals surface area contributed by atoms with E-state index in [4.69, 9.17) is 5.11 Å². The summed E-state index contributed by atoms with van der Waals surface area (Å²) >= 11 is 0. The van der Waals surface area contributed by atoms with Gasteiger partial charge in [0.05, 0.1) is 0 Å². The molecule has 1 amide bonds. The zero-order valence-corrected chi connectivity index (χ0v) is 8.56. The number of hydrogen-bond donors (Lipinski definition) is 2. The summed E-state index contributed by atoms with van der Waals surface area (Å²) < 4.78 is 1.55. The number of carbonyl (C=O) groups is 2. The zero-order valence-electron chi connectivity index (χ0n) is 8.56. The van der Waals surface area contributed by atoms with Crippen LogP contribution in [0.25, 0.3) is 0 Å². The van der Waals surface area contributed by atoms with Gasteiger partial charge in [-0.15, -0.1) is 0 Å². The van der Waals surface area contributed by atoms with Crippen molar-refractivity contribution in [2.45, 2.75) is 19.9 Å². The van der Waals surface area contributed by atoms with Gasteiger partial charge in [0.25, 0.3) is 0 Å². The molecule has 1 aromatic rings. The smallest absolute Gasteiger partial charge is 0.352 e. The highest BCUT2D eigenvalue weighted by Crippen LogP contribution is 2.03. The standard InChI is InChI=1S/C10H14N2O3/c1-2-11-9(13)5-7-12-6-3-4-8(12)10(14)15/h3-4,6H,2,5,7H2,1H3,(H,11,13)(H,14,15). The minimum Gasteiger partial charge on any atom is -0.477 e. The Balaban J connectivity index is 2.54. The number of nitrogens with one attached hydrogen (secondary N) is 1. The normalized spacial score (nSPS) is 9.93. The molecule has 1 heterocycles. The van der Waals surface area contributed by atoms with Gasteiger partial charge < -0.3 is 15.0 Å². The van der Waals surface area contributed by atoms with E-state index >= 15 is 0 Å².